The zero-order valence-electron chi connectivity index (χ0n) is 23.1. The predicted molar refractivity (Wildman–Crippen MR) is 157 cm³/mol. The highest BCUT2D eigenvalue weighted by Crippen LogP contribution is 2.49. The summed E-state index contributed by atoms with van der Waals surface area (Å²) in [5, 5.41) is 25.7. The highest BCUT2D eigenvalue weighted by Gasteiger charge is 2.61. The molecule has 1 saturated heterocycles. The van der Waals surface area contributed by atoms with E-state index >= 15 is 0 Å². The van der Waals surface area contributed by atoms with Gasteiger partial charge in [-0.3, -0.25) is 9.36 Å². The van der Waals surface area contributed by atoms with Gasteiger partial charge >= 0.3 is 18.3 Å². The van der Waals surface area contributed by atoms with E-state index in [2.05, 4.69) is 10.1 Å². The molecule has 0 amide bonds. The summed E-state index contributed by atoms with van der Waals surface area (Å²) in [6.07, 6.45) is -9.18. The molecule has 2 heterocycles. The molecule has 1 aliphatic heterocycles. The van der Waals surface area contributed by atoms with Crippen LogP contribution >= 0.6 is 18.2 Å². The quantitative estimate of drug-likeness (QED) is 0.175. The highest BCUT2D eigenvalue weighted by molar-refractivity contribution is 8.09. The molecular formula is C26H30ClF2N4O8PS. The maximum absolute atomic E-state index is 14.7. The average Bonchev–Trinajstić information content (AvgIpc) is 3.19. The SMILES string of the molecule is CC(C)OC(=O)[C@H](C)NP(=S)(OC[C@@]1(C(F)F)O[C@@H](n2cc(Cl)c(N)nc2=O)[C@@H](O)[C@@H]1O)Oc1ccc2ccccc2c1. The van der Waals surface area contributed by atoms with Crippen LogP contribution in [-0.2, 0) is 30.6 Å². The lowest BCUT2D eigenvalue weighted by Crippen LogP contribution is -2.53. The number of esters is 1. The molecule has 1 unspecified atom stereocenters. The monoisotopic (exact) mass is 662 g/mol. The molecule has 6 atom stereocenters. The second-order valence-corrected chi connectivity index (χ2v) is 13.6. The van der Waals surface area contributed by atoms with E-state index in [1.54, 1.807) is 32.0 Å². The van der Waals surface area contributed by atoms with Crippen molar-refractivity contribution in [2.24, 2.45) is 0 Å². The molecule has 0 saturated carbocycles. The van der Waals surface area contributed by atoms with E-state index in [9.17, 15) is 28.6 Å². The van der Waals surface area contributed by atoms with Crippen molar-refractivity contribution in [2.75, 3.05) is 12.3 Å². The maximum Gasteiger partial charge on any atom is 0.351 e. The minimum Gasteiger partial charge on any atom is -0.462 e. The summed E-state index contributed by atoms with van der Waals surface area (Å²) < 4.78 is 52.4. The van der Waals surface area contributed by atoms with Crippen LogP contribution in [0.4, 0.5) is 14.6 Å². The fourth-order valence-corrected chi connectivity index (χ4v) is 6.86. The molecule has 0 radical (unpaired) electrons. The number of fused-ring (bicyclic) bond motifs is 1. The van der Waals surface area contributed by atoms with E-state index in [0.29, 0.717) is 4.57 Å². The number of nitrogens with one attached hydrogen (secondary N) is 1. The Labute approximate surface area is 254 Å². The standard InChI is InChI=1S/C26H30ClF2N4O8PS/c1-13(2)39-23(36)14(3)32-42(43,41-17-9-8-15-6-4-5-7-16(15)10-17)38-12-26(24(28)29)20(35)19(34)22(40-26)33-11-18(27)21(30)31-25(33)37/h4-11,13-14,19-20,22,24,34-35H,12H2,1-3H3,(H,32,43)(H2,30,31,37)/t14-,19-,20-,22+,26+,42?/m0/s1. The zero-order valence-corrected chi connectivity index (χ0v) is 25.6. The molecule has 4 rings (SSSR count). The van der Waals surface area contributed by atoms with Gasteiger partial charge in [0.25, 0.3) is 6.43 Å². The number of hydrogen-bond acceptors (Lipinski definition) is 11. The topological polar surface area (TPSA) is 167 Å². The number of benzene rings is 2. The van der Waals surface area contributed by atoms with Gasteiger partial charge in [-0.25, -0.2) is 18.7 Å². The van der Waals surface area contributed by atoms with Crippen molar-refractivity contribution in [3.63, 3.8) is 0 Å². The van der Waals surface area contributed by atoms with Crippen molar-refractivity contribution in [3.05, 3.63) is 64.2 Å². The largest absolute Gasteiger partial charge is 0.462 e. The Morgan fingerprint density at radius 1 is 1.26 bits per heavy atom. The van der Waals surface area contributed by atoms with Crippen molar-refractivity contribution < 1.29 is 42.3 Å². The number of aliphatic hydroxyl groups is 2. The van der Waals surface area contributed by atoms with Crippen LogP contribution in [0, 0.1) is 0 Å². The lowest BCUT2D eigenvalue weighted by Gasteiger charge is -2.34. The van der Waals surface area contributed by atoms with Gasteiger partial charge in [0, 0.05) is 6.20 Å². The van der Waals surface area contributed by atoms with Crippen LogP contribution in [0.3, 0.4) is 0 Å². The Bertz CT molecular complexity index is 1600. The molecule has 3 aromatic rings. The summed E-state index contributed by atoms with van der Waals surface area (Å²) in [6, 6.07) is 11.2. The van der Waals surface area contributed by atoms with Gasteiger partial charge in [-0.05, 0) is 55.5 Å². The van der Waals surface area contributed by atoms with Crippen molar-refractivity contribution in [3.8, 4) is 5.75 Å². The van der Waals surface area contributed by atoms with Crippen LogP contribution in [0.25, 0.3) is 10.8 Å². The summed E-state index contributed by atoms with van der Waals surface area (Å²) in [5.74, 6) is -0.842. The minimum atomic E-state index is -3.91. The third kappa shape index (κ3) is 7.15. The number of alkyl halides is 2. The first-order valence-electron chi connectivity index (χ1n) is 12.9. The molecule has 0 bridgehead atoms. The zero-order chi connectivity index (χ0) is 31.7. The van der Waals surface area contributed by atoms with Crippen LogP contribution in [-0.4, -0.2) is 68.7 Å². The van der Waals surface area contributed by atoms with E-state index in [4.69, 9.17) is 47.7 Å². The van der Waals surface area contributed by atoms with Crippen molar-refractivity contribution in [2.45, 2.75) is 63.4 Å². The normalized spacial score (nSPS) is 24.3. The second-order valence-electron chi connectivity index (χ2n) is 10.1. The Balaban J connectivity index is 1.66. The Kier molecular flexibility index (Phi) is 10.1. The van der Waals surface area contributed by atoms with Crippen LogP contribution in [0.1, 0.15) is 27.0 Å². The lowest BCUT2D eigenvalue weighted by molar-refractivity contribution is -0.192. The van der Waals surface area contributed by atoms with Crippen LogP contribution in [0.2, 0.25) is 5.02 Å². The molecule has 0 aliphatic carbocycles. The molecule has 1 aliphatic rings. The summed E-state index contributed by atoms with van der Waals surface area (Å²) in [4.78, 5) is 28.5. The molecule has 2 aromatic carbocycles. The third-order valence-corrected chi connectivity index (χ3v) is 9.27. The van der Waals surface area contributed by atoms with Gasteiger partial charge in [0.15, 0.2) is 11.8 Å². The molecule has 17 heteroatoms. The number of halogens is 3. The minimum absolute atomic E-state index is 0.199. The van der Waals surface area contributed by atoms with Gasteiger partial charge in [0.05, 0.1) is 17.7 Å². The number of aliphatic hydroxyl groups excluding tert-OH is 2. The first-order valence-corrected chi connectivity index (χ1v) is 15.9. The van der Waals surface area contributed by atoms with Crippen LogP contribution in [0.15, 0.2) is 53.5 Å². The molecule has 43 heavy (non-hydrogen) atoms. The Morgan fingerprint density at radius 2 is 1.93 bits per heavy atom. The van der Waals surface area contributed by atoms with Gasteiger partial charge in [0.1, 0.15) is 29.8 Å². The third-order valence-electron chi connectivity index (χ3n) is 6.50. The summed E-state index contributed by atoms with van der Waals surface area (Å²) in [6.45, 7) is -0.332. The van der Waals surface area contributed by atoms with E-state index in [0.717, 1.165) is 17.0 Å². The second kappa shape index (κ2) is 13.1. The molecule has 0 spiro atoms. The van der Waals surface area contributed by atoms with Gasteiger partial charge in [0.2, 0.25) is 0 Å². The van der Waals surface area contributed by atoms with Crippen molar-refractivity contribution >= 4 is 52.6 Å². The number of rotatable bonds is 11. The van der Waals surface area contributed by atoms with Crippen molar-refractivity contribution in [1.29, 1.82) is 0 Å². The fraction of sp³-hybridized carbons (Fsp3) is 0.423. The number of nitrogens with two attached hydrogens (primary N) is 1. The van der Waals surface area contributed by atoms with E-state index in [1.165, 1.54) is 6.92 Å². The van der Waals surface area contributed by atoms with Gasteiger partial charge in [-0.15, -0.1) is 0 Å². The average molecular weight is 663 g/mol. The Morgan fingerprint density at radius 3 is 2.58 bits per heavy atom. The number of ether oxygens (including phenoxy) is 2. The first-order chi connectivity index (χ1) is 20.2. The number of carbonyl (C=O) groups is 1. The van der Waals surface area contributed by atoms with E-state index in [-0.39, 0.29) is 16.6 Å². The predicted octanol–water partition coefficient (Wildman–Crippen LogP) is 3.14. The highest BCUT2D eigenvalue weighted by atomic mass is 35.5. The van der Waals surface area contributed by atoms with Gasteiger partial charge in [-0.1, -0.05) is 41.9 Å². The van der Waals surface area contributed by atoms with E-state index < -0.39 is 67.5 Å². The molecule has 1 aromatic heterocycles. The van der Waals surface area contributed by atoms with Crippen LogP contribution < -0.4 is 21.0 Å². The fourth-order valence-electron chi connectivity index (χ4n) is 4.30. The molecule has 1 fully saturated rings. The smallest absolute Gasteiger partial charge is 0.351 e. The molecule has 12 nitrogen and oxygen atoms in total. The number of anilines is 1. The summed E-state index contributed by atoms with van der Waals surface area (Å²) >= 11 is 11.6. The molecule has 5 N–H and O–H groups in total. The van der Waals surface area contributed by atoms with Gasteiger partial charge in [-0.2, -0.15) is 4.98 Å². The maximum atomic E-state index is 14.7. The summed E-state index contributed by atoms with van der Waals surface area (Å²) in [7, 11) is 0. The molecular weight excluding hydrogens is 633 g/mol. The first kappa shape index (κ1) is 33.1. The Hall–Kier alpha value is -2.75. The van der Waals surface area contributed by atoms with Crippen molar-refractivity contribution in [1.82, 2.24) is 14.6 Å². The number of hydrogen-bond donors (Lipinski definition) is 4. The van der Waals surface area contributed by atoms with Crippen LogP contribution in [0.5, 0.6) is 5.75 Å². The van der Waals surface area contributed by atoms with Gasteiger partial charge < -0.3 is 34.5 Å². The summed E-state index contributed by atoms with van der Waals surface area (Å²) in [5.41, 5.74) is 1.54. The number of carbonyl (C=O) groups excluding carboxylic acids is 1. The number of aromatic nitrogens is 2. The molecule has 234 valence electrons. The number of nitrogens with zero attached hydrogens (tertiary/aromatic N) is 2. The lowest BCUT2D eigenvalue weighted by atomic mass is 9.96. The number of nitrogen functional groups attached to an aromatic ring is 1. The van der Waals surface area contributed by atoms with E-state index in [1.807, 2.05) is 24.3 Å².